The van der Waals surface area contributed by atoms with E-state index in [1.54, 1.807) is 30.3 Å². The average molecular weight is 473 g/mol. The van der Waals surface area contributed by atoms with E-state index in [1.807, 2.05) is 29.2 Å². The van der Waals surface area contributed by atoms with Crippen molar-refractivity contribution in [3.63, 3.8) is 0 Å². The van der Waals surface area contributed by atoms with E-state index in [0.29, 0.717) is 34.4 Å². The number of benzene rings is 3. The van der Waals surface area contributed by atoms with Crippen LogP contribution in [0.25, 0.3) is 0 Å². The molecule has 0 atom stereocenters. The summed E-state index contributed by atoms with van der Waals surface area (Å²) in [4.78, 5) is 17.2. The molecule has 1 heterocycles. The molecule has 0 aromatic heterocycles. The lowest BCUT2D eigenvalue weighted by molar-refractivity contribution is 0.0628. The van der Waals surface area contributed by atoms with Crippen molar-refractivity contribution in [2.75, 3.05) is 26.2 Å². The van der Waals surface area contributed by atoms with Gasteiger partial charge in [-0.05, 0) is 47.5 Å². The number of carbonyl (C=O) groups is 1. The highest BCUT2D eigenvalue weighted by atomic mass is 35.5. The van der Waals surface area contributed by atoms with Gasteiger partial charge in [-0.25, -0.2) is 4.39 Å². The molecule has 0 saturated carbocycles. The summed E-state index contributed by atoms with van der Waals surface area (Å²) >= 11 is 12.2. The van der Waals surface area contributed by atoms with Gasteiger partial charge in [0.05, 0.1) is 5.02 Å². The molecule has 3 aromatic rings. The molecule has 0 aliphatic carbocycles. The minimum Gasteiger partial charge on any atom is -0.487 e. The second-order valence-corrected chi connectivity index (χ2v) is 8.52. The third-order valence-electron chi connectivity index (χ3n) is 5.46. The van der Waals surface area contributed by atoms with Gasteiger partial charge in [-0.2, -0.15) is 0 Å². The molecule has 0 radical (unpaired) electrons. The first-order valence-electron chi connectivity index (χ1n) is 10.4. The standard InChI is InChI=1S/C25H23Cl2FN2O2/c26-22-5-2-6-23(24(22)27)32-17-19-3-1-4-20(15-19)25(31)30-13-11-29(12-14-30)16-18-7-9-21(28)10-8-18/h1-10,15H,11-14,16-17H2. The van der Waals surface area contributed by atoms with Gasteiger partial charge < -0.3 is 9.64 Å². The lowest BCUT2D eigenvalue weighted by Crippen LogP contribution is -2.48. The molecule has 32 heavy (non-hydrogen) atoms. The Hall–Kier alpha value is -2.60. The van der Waals surface area contributed by atoms with Crippen LogP contribution in [0.15, 0.2) is 66.7 Å². The Morgan fingerprint density at radius 1 is 0.906 bits per heavy atom. The van der Waals surface area contributed by atoms with Crippen molar-refractivity contribution in [3.8, 4) is 5.75 Å². The van der Waals surface area contributed by atoms with Crippen molar-refractivity contribution in [2.24, 2.45) is 0 Å². The summed E-state index contributed by atoms with van der Waals surface area (Å²) in [6, 6.07) is 19.2. The van der Waals surface area contributed by atoms with E-state index in [0.717, 1.165) is 30.8 Å². The first kappa shape index (κ1) is 22.6. The van der Waals surface area contributed by atoms with Crippen LogP contribution >= 0.6 is 23.2 Å². The molecule has 7 heteroatoms. The van der Waals surface area contributed by atoms with Gasteiger partial charge in [0, 0.05) is 38.3 Å². The average Bonchev–Trinajstić information content (AvgIpc) is 2.82. The summed E-state index contributed by atoms with van der Waals surface area (Å²) in [6.45, 7) is 3.89. The topological polar surface area (TPSA) is 32.8 Å². The number of amides is 1. The first-order chi connectivity index (χ1) is 15.5. The second kappa shape index (κ2) is 10.3. The molecule has 1 aliphatic heterocycles. The molecule has 4 rings (SSSR count). The van der Waals surface area contributed by atoms with Gasteiger partial charge in [-0.15, -0.1) is 0 Å². The smallest absolute Gasteiger partial charge is 0.253 e. The predicted octanol–water partition coefficient (Wildman–Crippen LogP) is 5.67. The number of hydrogen-bond acceptors (Lipinski definition) is 3. The Labute approximate surface area is 197 Å². The molecular weight excluding hydrogens is 450 g/mol. The fraction of sp³-hybridized carbons (Fsp3) is 0.240. The maximum absolute atomic E-state index is 13.1. The van der Waals surface area contributed by atoms with E-state index in [2.05, 4.69) is 4.90 Å². The van der Waals surface area contributed by atoms with Crippen LogP contribution in [0.5, 0.6) is 5.75 Å². The molecule has 166 valence electrons. The van der Waals surface area contributed by atoms with E-state index in [1.165, 1.54) is 12.1 Å². The number of hydrogen-bond donors (Lipinski definition) is 0. The highest BCUT2D eigenvalue weighted by molar-refractivity contribution is 6.42. The molecule has 1 fully saturated rings. The molecule has 0 unspecified atom stereocenters. The van der Waals surface area contributed by atoms with Crippen LogP contribution in [0.3, 0.4) is 0 Å². The number of rotatable bonds is 6. The monoisotopic (exact) mass is 472 g/mol. The molecule has 3 aromatic carbocycles. The van der Waals surface area contributed by atoms with E-state index < -0.39 is 0 Å². The minimum atomic E-state index is -0.229. The zero-order chi connectivity index (χ0) is 22.5. The Morgan fingerprint density at radius 3 is 2.38 bits per heavy atom. The number of nitrogens with zero attached hydrogens (tertiary/aromatic N) is 2. The van der Waals surface area contributed by atoms with Crippen molar-refractivity contribution >= 4 is 29.1 Å². The minimum absolute atomic E-state index is 0.00840. The Morgan fingerprint density at radius 2 is 1.62 bits per heavy atom. The van der Waals surface area contributed by atoms with Gasteiger partial charge >= 0.3 is 0 Å². The van der Waals surface area contributed by atoms with Crippen molar-refractivity contribution in [3.05, 3.63) is 99.3 Å². The quantitative estimate of drug-likeness (QED) is 0.463. The maximum atomic E-state index is 13.1. The van der Waals surface area contributed by atoms with Gasteiger partial charge in [0.15, 0.2) is 0 Å². The maximum Gasteiger partial charge on any atom is 0.253 e. The van der Waals surface area contributed by atoms with E-state index in [9.17, 15) is 9.18 Å². The summed E-state index contributed by atoms with van der Waals surface area (Å²) in [7, 11) is 0. The van der Waals surface area contributed by atoms with E-state index in [4.69, 9.17) is 27.9 Å². The normalized spacial score (nSPS) is 14.4. The Bertz CT molecular complexity index is 1080. The Balaban J connectivity index is 1.32. The van der Waals surface area contributed by atoms with Crippen LogP contribution in [0.1, 0.15) is 21.5 Å². The second-order valence-electron chi connectivity index (χ2n) is 7.74. The highest BCUT2D eigenvalue weighted by Crippen LogP contribution is 2.32. The van der Waals surface area contributed by atoms with Crippen LogP contribution in [-0.2, 0) is 13.2 Å². The molecule has 1 aliphatic rings. The lowest BCUT2D eigenvalue weighted by Gasteiger charge is -2.34. The lowest BCUT2D eigenvalue weighted by atomic mass is 10.1. The summed E-state index contributed by atoms with van der Waals surface area (Å²) in [6.07, 6.45) is 0. The van der Waals surface area contributed by atoms with Crippen LogP contribution in [0.4, 0.5) is 4.39 Å². The summed E-state index contributed by atoms with van der Waals surface area (Å²) in [5, 5.41) is 0.812. The van der Waals surface area contributed by atoms with Crippen molar-refractivity contribution in [1.29, 1.82) is 0 Å². The van der Waals surface area contributed by atoms with Gasteiger partial charge in [0.1, 0.15) is 23.2 Å². The molecule has 0 N–H and O–H groups in total. The van der Waals surface area contributed by atoms with Gasteiger partial charge in [0.25, 0.3) is 5.91 Å². The zero-order valence-electron chi connectivity index (χ0n) is 17.4. The molecule has 0 bridgehead atoms. The molecule has 4 nitrogen and oxygen atoms in total. The van der Waals surface area contributed by atoms with Crippen molar-refractivity contribution in [2.45, 2.75) is 13.2 Å². The van der Waals surface area contributed by atoms with Gasteiger partial charge in [-0.1, -0.05) is 53.5 Å². The summed E-state index contributed by atoms with van der Waals surface area (Å²) in [5.41, 5.74) is 2.58. The summed E-state index contributed by atoms with van der Waals surface area (Å²) < 4.78 is 18.9. The van der Waals surface area contributed by atoms with Crippen LogP contribution in [0.2, 0.25) is 10.0 Å². The SMILES string of the molecule is O=C(c1cccc(COc2cccc(Cl)c2Cl)c1)N1CCN(Cc2ccc(F)cc2)CC1. The Kier molecular flexibility index (Phi) is 7.30. The number of carbonyl (C=O) groups excluding carboxylic acids is 1. The molecule has 1 amide bonds. The molecule has 0 spiro atoms. The number of halogens is 3. The first-order valence-corrected chi connectivity index (χ1v) is 11.2. The van der Waals surface area contributed by atoms with E-state index in [-0.39, 0.29) is 18.3 Å². The summed E-state index contributed by atoms with van der Waals surface area (Å²) in [5.74, 6) is 0.287. The largest absolute Gasteiger partial charge is 0.487 e. The van der Waals surface area contributed by atoms with Gasteiger partial charge in [-0.3, -0.25) is 9.69 Å². The predicted molar refractivity (Wildman–Crippen MR) is 125 cm³/mol. The fourth-order valence-corrected chi connectivity index (χ4v) is 4.04. The van der Waals surface area contributed by atoms with Crippen LogP contribution in [-0.4, -0.2) is 41.9 Å². The number of ether oxygens (including phenoxy) is 1. The molecular formula is C25H23Cl2FN2O2. The third kappa shape index (κ3) is 5.60. The van der Waals surface area contributed by atoms with Crippen molar-refractivity contribution < 1.29 is 13.9 Å². The third-order valence-corrected chi connectivity index (χ3v) is 6.26. The van der Waals surface area contributed by atoms with Gasteiger partial charge in [0.2, 0.25) is 0 Å². The highest BCUT2D eigenvalue weighted by Gasteiger charge is 2.22. The number of piperazine rings is 1. The van der Waals surface area contributed by atoms with Crippen LogP contribution in [0, 0.1) is 5.82 Å². The molecule has 1 saturated heterocycles. The zero-order valence-corrected chi connectivity index (χ0v) is 19.0. The van der Waals surface area contributed by atoms with Crippen LogP contribution < -0.4 is 4.74 Å². The van der Waals surface area contributed by atoms with Crippen molar-refractivity contribution in [1.82, 2.24) is 9.80 Å². The van der Waals surface area contributed by atoms with E-state index >= 15 is 0 Å². The fourth-order valence-electron chi connectivity index (χ4n) is 3.69.